The number of aryl methyl sites for hydroxylation is 4. The minimum Gasteiger partial charge on any atom is -0.399 e. The van der Waals surface area contributed by atoms with Gasteiger partial charge in [0.05, 0.1) is 0 Å². The Hall–Kier alpha value is -3.52. The van der Waals surface area contributed by atoms with Crippen LogP contribution >= 0.6 is 0 Å². The first-order chi connectivity index (χ1) is 29.0. The summed E-state index contributed by atoms with van der Waals surface area (Å²) in [5, 5.41) is 0. The van der Waals surface area contributed by atoms with Crippen molar-refractivity contribution in [3.63, 3.8) is 0 Å². The van der Waals surface area contributed by atoms with E-state index < -0.39 is 0 Å². The molecule has 0 bridgehead atoms. The molecule has 0 aliphatic carbocycles. The van der Waals surface area contributed by atoms with Gasteiger partial charge in [-0.2, -0.15) is 0 Å². The molecule has 0 aromatic heterocycles. The average molecular weight is 799 g/mol. The van der Waals surface area contributed by atoms with E-state index in [0.29, 0.717) is 0 Å². The minimum atomic E-state index is 0.848. The van der Waals surface area contributed by atoms with E-state index in [0.717, 1.165) is 24.2 Å². The van der Waals surface area contributed by atoms with Crippen LogP contribution in [0.4, 0.5) is 11.4 Å². The molecule has 0 saturated heterocycles. The minimum absolute atomic E-state index is 0.848. The molecule has 4 aromatic rings. The molecule has 0 fully saturated rings. The quantitative estimate of drug-likeness (QED) is 0.0365. The maximum atomic E-state index is 5.96. The van der Waals surface area contributed by atoms with Gasteiger partial charge in [0, 0.05) is 11.4 Å². The second-order valence-electron chi connectivity index (χ2n) is 18.2. The van der Waals surface area contributed by atoms with Gasteiger partial charge < -0.3 is 11.5 Å². The zero-order chi connectivity index (χ0) is 41.6. The van der Waals surface area contributed by atoms with Crippen molar-refractivity contribution in [3.8, 4) is 0 Å². The highest BCUT2D eigenvalue weighted by molar-refractivity contribution is 5.43. The second-order valence-corrected chi connectivity index (χ2v) is 18.2. The van der Waals surface area contributed by atoms with E-state index in [4.69, 9.17) is 11.5 Å². The van der Waals surface area contributed by atoms with Crippen LogP contribution in [-0.2, 0) is 38.5 Å². The summed E-state index contributed by atoms with van der Waals surface area (Å²) in [4.78, 5) is 0. The molecular weight excluding hydrogens is 713 g/mol. The Labute approximate surface area is 363 Å². The van der Waals surface area contributed by atoms with Gasteiger partial charge in [-0.3, -0.25) is 0 Å². The number of rotatable bonds is 34. The molecule has 0 amide bonds. The van der Waals surface area contributed by atoms with E-state index in [1.807, 2.05) is 24.3 Å². The van der Waals surface area contributed by atoms with Crippen LogP contribution < -0.4 is 11.5 Å². The molecular formula is C57H86N2. The largest absolute Gasteiger partial charge is 0.399 e. The lowest BCUT2D eigenvalue weighted by Crippen LogP contribution is -1.99. The van der Waals surface area contributed by atoms with Gasteiger partial charge in [0.1, 0.15) is 0 Å². The third kappa shape index (κ3) is 21.0. The van der Waals surface area contributed by atoms with Crippen LogP contribution in [0.1, 0.15) is 219 Å². The molecule has 0 spiro atoms. The van der Waals surface area contributed by atoms with Crippen molar-refractivity contribution in [2.24, 2.45) is 0 Å². The highest BCUT2D eigenvalue weighted by Gasteiger charge is 2.09. The van der Waals surface area contributed by atoms with Gasteiger partial charge in [-0.1, -0.05) is 209 Å². The molecule has 0 aliphatic heterocycles. The fourth-order valence-electron chi connectivity index (χ4n) is 8.99. The van der Waals surface area contributed by atoms with Crippen LogP contribution in [0.2, 0.25) is 0 Å². The van der Waals surface area contributed by atoms with Crippen LogP contribution in [0.3, 0.4) is 0 Å². The van der Waals surface area contributed by atoms with Gasteiger partial charge in [-0.15, -0.1) is 0 Å². The Kier molecular flexibility index (Phi) is 24.9. The summed E-state index contributed by atoms with van der Waals surface area (Å²) < 4.78 is 0. The lowest BCUT2D eigenvalue weighted by molar-refractivity contribution is 0.536. The van der Waals surface area contributed by atoms with Gasteiger partial charge in [-0.25, -0.2) is 0 Å². The number of anilines is 2. The number of hydrogen-bond donors (Lipinski definition) is 2. The van der Waals surface area contributed by atoms with Gasteiger partial charge >= 0.3 is 0 Å². The molecule has 0 unspecified atom stereocenters. The topological polar surface area (TPSA) is 52.0 Å². The fraction of sp³-hybridized carbons (Fsp3) is 0.579. The zero-order valence-corrected chi connectivity index (χ0v) is 38.2. The normalized spacial score (nSPS) is 11.4. The van der Waals surface area contributed by atoms with E-state index in [1.165, 1.54) is 208 Å². The molecule has 4 N–H and O–H groups in total. The van der Waals surface area contributed by atoms with E-state index in [9.17, 15) is 0 Å². The molecule has 0 heterocycles. The summed E-state index contributed by atoms with van der Waals surface area (Å²) in [7, 11) is 0. The van der Waals surface area contributed by atoms with Crippen LogP contribution in [0, 0.1) is 0 Å². The van der Waals surface area contributed by atoms with Crippen molar-refractivity contribution in [1.82, 2.24) is 0 Å². The first kappa shape index (κ1) is 48.1. The Morgan fingerprint density at radius 1 is 0.271 bits per heavy atom. The summed E-state index contributed by atoms with van der Waals surface area (Å²) >= 11 is 0. The first-order valence-corrected chi connectivity index (χ1v) is 24.9. The highest BCUT2D eigenvalue weighted by Crippen LogP contribution is 2.24. The van der Waals surface area contributed by atoms with E-state index in [-0.39, 0.29) is 0 Å². The molecule has 0 saturated carbocycles. The number of hydrogen-bond acceptors (Lipinski definition) is 2. The number of unbranched alkanes of at least 4 members (excludes halogenated alkanes) is 22. The average Bonchev–Trinajstić information content (AvgIpc) is 3.25. The molecule has 0 atom stereocenters. The maximum absolute atomic E-state index is 5.96. The van der Waals surface area contributed by atoms with E-state index in [1.54, 1.807) is 22.3 Å². The maximum Gasteiger partial charge on any atom is 0.0314 e. The third-order valence-electron chi connectivity index (χ3n) is 12.8. The molecule has 4 rings (SSSR count). The van der Waals surface area contributed by atoms with Crippen LogP contribution in [0.5, 0.6) is 0 Å². The van der Waals surface area contributed by atoms with Crippen LogP contribution in [0.15, 0.2) is 84.9 Å². The molecule has 2 heteroatoms. The fourth-order valence-corrected chi connectivity index (χ4v) is 8.99. The number of benzene rings is 4. The highest BCUT2D eigenvalue weighted by atomic mass is 14.5. The summed E-state index contributed by atoms with van der Waals surface area (Å²) in [5.41, 5.74) is 25.6. The van der Waals surface area contributed by atoms with Crippen molar-refractivity contribution in [3.05, 3.63) is 129 Å². The first-order valence-electron chi connectivity index (χ1n) is 24.9. The molecule has 4 aromatic carbocycles. The Bertz CT molecular complexity index is 1510. The van der Waals surface area contributed by atoms with Gasteiger partial charge in [0.25, 0.3) is 0 Å². The van der Waals surface area contributed by atoms with E-state index in [2.05, 4.69) is 74.5 Å². The van der Waals surface area contributed by atoms with Crippen molar-refractivity contribution < 1.29 is 0 Å². The molecule has 0 aliphatic rings. The third-order valence-corrected chi connectivity index (χ3v) is 12.8. The Balaban J connectivity index is 1.04. The van der Waals surface area contributed by atoms with Gasteiger partial charge in [-0.05, 0) is 133 Å². The smallest absolute Gasteiger partial charge is 0.0314 e. The summed E-state index contributed by atoms with van der Waals surface area (Å²) in [6, 6.07) is 31.7. The predicted octanol–water partition coefficient (Wildman–Crippen LogP) is 16.7. The molecule has 0 radical (unpaired) electrons. The molecule has 59 heavy (non-hydrogen) atoms. The second kappa shape index (κ2) is 30.5. The van der Waals surface area contributed by atoms with Crippen LogP contribution in [-0.4, -0.2) is 0 Å². The standard InChI is InChI=1S/C57H86N2/c1-3-5-7-9-22-26-30-52-44-48(32-38-54(52)46-50-34-40-56(58)41-35-50)28-24-20-18-16-14-12-11-13-15-17-19-21-25-29-49-33-39-55(47-51-36-42-57(59)43-37-51)53(45-49)31-27-23-10-8-6-4-2/h32-45H,3-31,46-47,58-59H2,1-2H3. The lowest BCUT2D eigenvalue weighted by atomic mass is 9.92. The molecule has 324 valence electrons. The monoisotopic (exact) mass is 799 g/mol. The zero-order valence-electron chi connectivity index (χ0n) is 38.2. The lowest BCUT2D eigenvalue weighted by Gasteiger charge is -2.13. The summed E-state index contributed by atoms with van der Waals surface area (Å²) in [6.07, 6.45) is 41.3. The van der Waals surface area contributed by atoms with Crippen molar-refractivity contribution in [2.45, 2.75) is 213 Å². The van der Waals surface area contributed by atoms with Crippen molar-refractivity contribution in [1.29, 1.82) is 0 Å². The SMILES string of the molecule is CCCCCCCCc1cc(CCCCCCCCCCCCCCCc2ccc(Cc3ccc(N)cc3)c(CCCCCCCC)c2)ccc1Cc1ccc(N)cc1. The predicted molar refractivity (Wildman–Crippen MR) is 262 cm³/mol. The van der Waals surface area contributed by atoms with Gasteiger partial charge in [0.2, 0.25) is 0 Å². The summed E-state index contributed by atoms with van der Waals surface area (Å²) in [5.74, 6) is 0. The Morgan fingerprint density at radius 2 is 0.542 bits per heavy atom. The van der Waals surface area contributed by atoms with Crippen molar-refractivity contribution in [2.75, 3.05) is 11.5 Å². The number of nitrogens with two attached hydrogens (primary N) is 2. The van der Waals surface area contributed by atoms with E-state index >= 15 is 0 Å². The van der Waals surface area contributed by atoms with Crippen LogP contribution in [0.25, 0.3) is 0 Å². The number of nitrogen functional groups attached to an aromatic ring is 2. The van der Waals surface area contributed by atoms with Crippen molar-refractivity contribution >= 4 is 11.4 Å². The summed E-state index contributed by atoms with van der Waals surface area (Å²) in [6.45, 7) is 4.61. The van der Waals surface area contributed by atoms with Gasteiger partial charge in [0.15, 0.2) is 0 Å². The Morgan fingerprint density at radius 3 is 0.864 bits per heavy atom. The molecule has 2 nitrogen and oxygen atoms in total.